The Morgan fingerprint density at radius 1 is 1.47 bits per heavy atom. The first-order chi connectivity index (χ1) is 8.25. The molecule has 3 heteroatoms. The van der Waals surface area contributed by atoms with Gasteiger partial charge in [-0.3, -0.25) is 4.79 Å². The van der Waals surface area contributed by atoms with Crippen molar-refractivity contribution in [1.29, 1.82) is 0 Å². The molecule has 0 spiro atoms. The number of nitrogens with one attached hydrogen (secondary N) is 2. The lowest BCUT2D eigenvalue weighted by Crippen LogP contribution is -2.31. The fraction of sp³-hybridized carbons (Fsp3) is 0.500. The van der Waals surface area contributed by atoms with E-state index >= 15 is 0 Å². The van der Waals surface area contributed by atoms with Gasteiger partial charge in [0.2, 0.25) is 5.91 Å². The molecule has 1 fully saturated rings. The molecular weight excluding hydrogens is 212 g/mol. The molecule has 2 rings (SSSR count). The summed E-state index contributed by atoms with van der Waals surface area (Å²) in [6.07, 6.45) is 3.02. The molecule has 0 unspecified atom stereocenters. The molecule has 92 valence electrons. The summed E-state index contributed by atoms with van der Waals surface area (Å²) in [6.45, 7) is 3.24. The molecule has 0 saturated carbocycles. The van der Waals surface area contributed by atoms with Crippen molar-refractivity contribution < 1.29 is 4.79 Å². The maximum atomic E-state index is 11.8. The van der Waals surface area contributed by atoms with Crippen LogP contribution in [-0.4, -0.2) is 18.5 Å². The van der Waals surface area contributed by atoms with Crippen LogP contribution in [0, 0.1) is 5.92 Å². The molecule has 3 nitrogen and oxygen atoms in total. The molecule has 1 aromatic carbocycles. The summed E-state index contributed by atoms with van der Waals surface area (Å²) < 4.78 is 0. The number of carbonyl (C=O) groups is 1. The van der Waals surface area contributed by atoms with Gasteiger partial charge in [0.25, 0.3) is 0 Å². The summed E-state index contributed by atoms with van der Waals surface area (Å²) in [6, 6.07) is 10.1. The topological polar surface area (TPSA) is 41.1 Å². The number of hydrogen-bond acceptors (Lipinski definition) is 2. The molecule has 2 atom stereocenters. The van der Waals surface area contributed by atoms with Crippen molar-refractivity contribution in [2.45, 2.75) is 32.2 Å². The Morgan fingerprint density at radius 2 is 2.24 bits per heavy atom. The highest BCUT2D eigenvalue weighted by molar-refractivity contribution is 5.90. The largest absolute Gasteiger partial charge is 0.326 e. The predicted molar refractivity (Wildman–Crippen MR) is 69.9 cm³/mol. The molecule has 0 bridgehead atoms. The molecule has 1 saturated heterocycles. The Morgan fingerprint density at radius 3 is 2.88 bits per heavy atom. The SMILES string of the molecule is C[C@H](CC(=O)Nc1ccccc1)[C@H]1CCCN1. The zero-order valence-corrected chi connectivity index (χ0v) is 10.3. The zero-order valence-electron chi connectivity index (χ0n) is 10.3. The first kappa shape index (κ1) is 12.1. The maximum Gasteiger partial charge on any atom is 0.224 e. The third-order valence-corrected chi connectivity index (χ3v) is 3.35. The average Bonchev–Trinajstić information content (AvgIpc) is 2.83. The minimum Gasteiger partial charge on any atom is -0.326 e. The number of rotatable bonds is 4. The van der Waals surface area contributed by atoms with Crippen molar-refractivity contribution in [3.05, 3.63) is 30.3 Å². The summed E-state index contributed by atoms with van der Waals surface area (Å²) in [5.74, 6) is 0.513. The van der Waals surface area contributed by atoms with E-state index in [1.165, 1.54) is 12.8 Å². The maximum absolute atomic E-state index is 11.8. The number of anilines is 1. The Hall–Kier alpha value is -1.35. The molecule has 0 aliphatic carbocycles. The molecule has 1 aromatic rings. The highest BCUT2D eigenvalue weighted by Crippen LogP contribution is 2.18. The third-order valence-electron chi connectivity index (χ3n) is 3.35. The van der Waals surface area contributed by atoms with Crippen LogP contribution in [0.15, 0.2) is 30.3 Å². The lowest BCUT2D eigenvalue weighted by atomic mass is 9.96. The minimum absolute atomic E-state index is 0.109. The van der Waals surface area contributed by atoms with Gasteiger partial charge in [-0.15, -0.1) is 0 Å². The van der Waals surface area contributed by atoms with E-state index in [-0.39, 0.29) is 5.91 Å². The highest BCUT2D eigenvalue weighted by atomic mass is 16.1. The zero-order chi connectivity index (χ0) is 12.1. The standard InChI is InChI=1S/C14H20N2O/c1-11(13-8-5-9-15-13)10-14(17)16-12-6-3-2-4-7-12/h2-4,6-7,11,13,15H,5,8-10H2,1H3,(H,16,17)/t11-,13-/m1/s1. The van der Waals surface area contributed by atoms with Gasteiger partial charge in [-0.25, -0.2) is 0 Å². The molecule has 0 radical (unpaired) electrons. The van der Waals surface area contributed by atoms with E-state index in [2.05, 4.69) is 17.6 Å². The van der Waals surface area contributed by atoms with Crippen LogP contribution >= 0.6 is 0 Å². The van der Waals surface area contributed by atoms with E-state index in [1.54, 1.807) is 0 Å². The minimum atomic E-state index is 0.109. The summed E-state index contributed by atoms with van der Waals surface area (Å²) >= 11 is 0. The van der Waals surface area contributed by atoms with Crippen molar-refractivity contribution in [2.24, 2.45) is 5.92 Å². The summed E-state index contributed by atoms with van der Waals surface area (Å²) in [4.78, 5) is 11.8. The average molecular weight is 232 g/mol. The van der Waals surface area contributed by atoms with Gasteiger partial charge in [0, 0.05) is 18.2 Å². The van der Waals surface area contributed by atoms with E-state index in [4.69, 9.17) is 0 Å². The molecule has 1 aliphatic heterocycles. The van der Waals surface area contributed by atoms with Crippen LogP contribution in [0.2, 0.25) is 0 Å². The fourth-order valence-corrected chi connectivity index (χ4v) is 2.37. The Balaban J connectivity index is 1.80. The predicted octanol–water partition coefficient (Wildman–Crippen LogP) is 2.40. The van der Waals surface area contributed by atoms with Crippen LogP contribution in [0.4, 0.5) is 5.69 Å². The van der Waals surface area contributed by atoms with Gasteiger partial charge in [-0.1, -0.05) is 25.1 Å². The van der Waals surface area contributed by atoms with E-state index in [9.17, 15) is 4.79 Å². The van der Waals surface area contributed by atoms with Gasteiger partial charge in [0.15, 0.2) is 0 Å². The van der Waals surface area contributed by atoms with E-state index < -0.39 is 0 Å². The number of benzene rings is 1. The van der Waals surface area contributed by atoms with E-state index in [1.807, 2.05) is 30.3 Å². The molecule has 1 amide bonds. The number of amides is 1. The van der Waals surface area contributed by atoms with E-state index in [0.717, 1.165) is 12.2 Å². The molecular formula is C14H20N2O. The summed E-state index contributed by atoms with van der Waals surface area (Å²) in [7, 11) is 0. The number of carbonyl (C=O) groups excluding carboxylic acids is 1. The Labute approximate surface area is 103 Å². The second-order valence-corrected chi connectivity index (χ2v) is 4.80. The number of hydrogen-bond donors (Lipinski definition) is 2. The Bertz CT molecular complexity index is 358. The van der Waals surface area contributed by atoms with Crippen LogP contribution in [0.3, 0.4) is 0 Å². The van der Waals surface area contributed by atoms with Gasteiger partial charge in [-0.05, 0) is 37.4 Å². The molecule has 0 aromatic heterocycles. The first-order valence-electron chi connectivity index (χ1n) is 6.34. The van der Waals surface area contributed by atoms with Gasteiger partial charge < -0.3 is 10.6 Å². The molecule has 17 heavy (non-hydrogen) atoms. The monoisotopic (exact) mass is 232 g/mol. The Kier molecular flexibility index (Phi) is 4.15. The molecule has 2 N–H and O–H groups in total. The van der Waals surface area contributed by atoms with Crippen LogP contribution in [0.5, 0.6) is 0 Å². The van der Waals surface area contributed by atoms with Crippen molar-refractivity contribution in [2.75, 3.05) is 11.9 Å². The lowest BCUT2D eigenvalue weighted by molar-refractivity contribution is -0.117. The second-order valence-electron chi connectivity index (χ2n) is 4.80. The van der Waals surface area contributed by atoms with Crippen LogP contribution in [-0.2, 0) is 4.79 Å². The van der Waals surface area contributed by atoms with Gasteiger partial charge in [-0.2, -0.15) is 0 Å². The van der Waals surface area contributed by atoms with Crippen molar-refractivity contribution >= 4 is 11.6 Å². The lowest BCUT2D eigenvalue weighted by Gasteiger charge is -2.18. The van der Waals surface area contributed by atoms with Gasteiger partial charge >= 0.3 is 0 Å². The van der Waals surface area contributed by atoms with E-state index in [0.29, 0.717) is 18.4 Å². The molecule has 1 aliphatic rings. The summed E-state index contributed by atoms with van der Waals surface area (Å²) in [5, 5.41) is 6.38. The fourth-order valence-electron chi connectivity index (χ4n) is 2.37. The van der Waals surface area contributed by atoms with Crippen LogP contribution < -0.4 is 10.6 Å². The highest BCUT2D eigenvalue weighted by Gasteiger charge is 2.22. The van der Waals surface area contributed by atoms with Gasteiger partial charge in [0.05, 0.1) is 0 Å². The van der Waals surface area contributed by atoms with Crippen molar-refractivity contribution in [3.63, 3.8) is 0 Å². The third kappa shape index (κ3) is 3.56. The quantitative estimate of drug-likeness (QED) is 0.837. The van der Waals surface area contributed by atoms with Crippen LogP contribution in [0.25, 0.3) is 0 Å². The van der Waals surface area contributed by atoms with Gasteiger partial charge in [0.1, 0.15) is 0 Å². The normalized spacial score (nSPS) is 21.1. The van der Waals surface area contributed by atoms with Crippen molar-refractivity contribution in [1.82, 2.24) is 5.32 Å². The van der Waals surface area contributed by atoms with Crippen molar-refractivity contribution in [3.8, 4) is 0 Å². The molecule has 1 heterocycles. The second kappa shape index (κ2) is 5.82. The smallest absolute Gasteiger partial charge is 0.224 e. The summed E-state index contributed by atoms with van der Waals surface area (Å²) in [5.41, 5.74) is 0.879. The van der Waals surface area contributed by atoms with Crippen LogP contribution in [0.1, 0.15) is 26.2 Å². The first-order valence-corrected chi connectivity index (χ1v) is 6.34. The number of para-hydroxylation sites is 1.